The third kappa shape index (κ3) is 7.18. The van der Waals surface area contributed by atoms with Crippen LogP contribution in [0.3, 0.4) is 0 Å². The highest BCUT2D eigenvalue weighted by atomic mass is 79.9. The number of H-pyrrole nitrogens is 1. The van der Waals surface area contributed by atoms with Gasteiger partial charge in [0, 0.05) is 23.5 Å². The molecule has 0 aliphatic heterocycles. The first-order valence-electron chi connectivity index (χ1n) is 8.82. The fourth-order valence-electron chi connectivity index (χ4n) is 2.67. The van der Waals surface area contributed by atoms with Crippen LogP contribution in [-0.4, -0.2) is 46.1 Å². The summed E-state index contributed by atoms with van der Waals surface area (Å²) in [4.78, 5) is 8.76. The second kappa shape index (κ2) is 13.1. The van der Waals surface area contributed by atoms with Crippen molar-refractivity contribution >= 4 is 69.6 Å². The largest absolute Gasteiger partial charge is 0.492 e. The fraction of sp³-hybridized carbons (Fsp3) is 0.389. The number of nitrogens with one attached hydrogen (secondary N) is 3. The standard InChI is InChI=1S/C18H23BrN6OS.2ClH/c1-3-26-16-12(9-13(27-2)10-14(16)19)11-20-6-4-7-21-18-23-15-5-8-22-25-17(15)24-18;;/h5,8-10,20H,3-4,6-7,11H2,1-2H3,(H2,21,23,24,25);2*1H. The Morgan fingerprint density at radius 3 is 2.79 bits per heavy atom. The van der Waals surface area contributed by atoms with Crippen LogP contribution < -0.4 is 15.4 Å². The smallest absolute Gasteiger partial charge is 0.202 e. The molecule has 11 heteroatoms. The number of nitrogens with zero attached hydrogens (tertiary/aromatic N) is 3. The van der Waals surface area contributed by atoms with E-state index in [1.165, 1.54) is 10.5 Å². The van der Waals surface area contributed by atoms with Gasteiger partial charge in [0.05, 0.1) is 22.8 Å². The zero-order chi connectivity index (χ0) is 19.1. The number of anilines is 1. The van der Waals surface area contributed by atoms with Crippen molar-refractivity contribution < 1.29 is 4.74 Å². The summed E-state index contributed by atoms with van der Waals surface area (Å²) in [6, 6.07) is 6.14. The number of hydrogen-bond donors (Lipinski definition) is 3. The van der Waals surface area contributed by atoms with Crippen molar-refractivity contribution in [3.8, 4) is 5.75 Å². The lowest BCUT2D eigenvalue weighted by Gasteiger charge is -2.14. The lowest BCUT2D eigenvalue weighted by atomic mass is 10.2. The van der Waals surface area contributed by atoms with E-state index in [1.807, 2.05) is 13.0 Å². The molecular weight excluding hydrogens is 499 g/mol. The average molecular weight is 524 g/mol. The Hall–Kier alpha value is -1.26. The van der Waals surface area contributed by atoms with Crippen molar-refractivity contribution in [2.24, 2.45) is 0 Å². The third-order valence-electron chi connectivity index (χ3n) is 3.93. The maximum Gasteiger partial charge on any atom is 0.202 e. The van der Waals surface area contributed by atoms with E-state index in [0.29, 0.717) is 12.3 Å². The summed E-state index contributed by atoms with van der Waals surface area (Å²) in [6.07, 6.45) is 4.69. The van der Waals surface area contributed by atoms with Crippen LogP contribution in [-0.2, 0) is 6.54 Å². The first kappa shape index (κ1) is 25.8. The molecule has 160 valence electrons. The number of hydrogen-bond acceptors (Lipinski definition) is 7. The summed E-state index contributed by atoms with van der Waals surface area (Å²) in [5.74, 6) is 1.64. The van der Waals surface area contributed by atoms with E-state index < -0.39 is 0 Å². The summed E-state index contributed by atoms with van der Waals surface area (Å²) < 4.78 is 6.80. The molecule has 0 unspecified atom stereocenters. The molecule has 3 rings (SSSR count). The van der Waals surface area contributed by atoms with Gasteiger partial charge in [0.25, 0.3) is 0 Å². The number of aromatic amines is 1. The molecule has 29 heavy (non-hydrogen) atoms. The summed E-state index contributed by atoms with van der Waals surface area (Å²) >= 11 is 5.35. The molecule has 3 N–H and O–H groups in total. The molecule has 0 spiro atoms. The molecule has 0 atom stereocenters. The number of imidazole rings is 1. The van der Waals surface area contributed by atoms with Crippen LogP contribution in [0.4, 0.5) is 5.95 Å². The second-order valence-corrected chi connectivity index (χ2v) is 7.58. The zero-order valence-corrected chi connectivity index (χ0v) is 20.2. The number of halogens is 3. The quantitative estimate of drug-likeness (QED) is 0.263. The van der Waals surface area contributed by atoms with E-state index in [2.05, 4.69) is 65.1 Å². The summed E-state index contributed by atoms with van der Waals surface area (Å²) in [6.45, 7) is 5.12. The van der Waals surface area contributed by atoms with E-state index >= 15 is 0 Å². The Kier molecular flexibility index (Phi) is 11.7. The molecule has 2 heterocycles. The van der Waals surface area contributed by atoms with E-state index in [9.17, 15) is 0 Å². The highest BCUT2D eigenvalue weighted by Crippen LogP contribution is 2.33. The highest BCUT2D eigenvalue weighted by Gasteiger charge is 2.10. The maximum absolute atomic E-state index is 5.80. The predicted octanol–water partition coefficient (Wildman–Crippen LogP) is 4.67. The number of aromatic nitrogens is 4. The van der Waals surface area contributed by atoms with Gasteiger partial charge in [0.1, 0.15) is 5.75 Å². The lowest BCUT2D eigenvalue weighted by molar-refractivity contribution is 0.333. The van der Waals surface area contributed by atoms with Crippen molar-refractivity contribution in [3.05, 3.63) is 34.4 Å². The van der Waals surface area contributed by atoms with Crippen LogP contribution >= 0.6 is 52.5 Å². The molecule has 0 amide bonds. The molecule has 3 aromatic rings. The molecule has 2 aromatic heterocycles. The Morgan fingerprint density at radius 2 is 2.07 bits per heavy atom. The molecule has 0 saturated carbocycles. The first-order chi connectivity index (χ1) is 13.2. The van der Waals surface area contributed by atoms with Crippen molar-refractivity contribution in [2.45, 2.75) is 24.8 Å². The van der Waals surface area contributed by atoms with Crippen molar-refractivity contribution in [3.63, 3.8) is 0 Å². The Labute approximate surface area is 195 Å². The van der Waals surface area contributed by atoms with E-state index in [0.717, 1.165) is 47.7 Å². The average Bonchev–Trinajstić information content (AvgIpc) is 3.09. The summed E-state index contributed by atoms with van der Waals surface area (Å²) in [5.41, 5.74) is 2.67. The first-order valence-corrected chi connectivity index (χ1v) is 10.8. The summed E-state index contributed by atoms with van der Waals surface area (Å²) in [7, 11) is 0. The maximum atomic E-state index is 5.80. The molecule has 0 aliphatic rings. The third-order valence-corrected chi connectivity index (χ3v) is 5.22. The Balaban J connectivity index is 0.00000210. The van der Waals surface area contributed by atoms with Crippen LogP contribution in [0, 0.1) is 0 Å². The molecule has 0 saturated heterocycles. The minimum absolute atomic E-state index is 0. The predicted molar refractivity (Wildman–Crippen MR) is 128 cm³/mol. The van der Waals surface area contributed by atoms with Crippen LogP contribution in [0.15, 0.2) is 33.8 Å². The number of thioether (sulfide) groups is 1. The SMILES string of the molecule is CCOc1c(Br)cc(SC)cc1CNCCCNc1nc2nnccc2[nH]1.Cl.Cl. The molecule has 0 radical (unpaired) electrons. The van der Waals surface area contributed by atoms with Crippen LogP contribution in [0.2, 0.25) is 0 Å². The van der Waals surface area contributed by atoms with Gasteiger partial charge in [-0.05, 0) is 60.3 Å². The van der Waals surface area contributed by atoms with E-state index in [4.69, 9.17) is 4.74 Å². The Bertz CT molecular complexity index is 865. The molecule has 0 bridgehead atoms. The van der Waals surface area contributed by atoms with Gasteiger partial charge in [-0.15, -0.1) is 41.7 Å². The van der Waals surface area contributed by atoms with Gasteiger partial charge in [-0.25, -0.2) is 0 Å². The van der Waals surface area contributed by atoms with Gasteiger partial charge in [-0.1, -0.05) is 0 Å². The van der Waals surface area contributed by atoms with Crippen LogP contribution in [0.1, 0.15) is 18.9 Å². The molecule has 7 nitrogen and oxygen atoms in total. The van der Waals surface area contributed by atoms with Gasteiger partial charge in [-0.2, -0.15) is 10.1 Å². The van der Waals surface area contributed by atoms with Crippen molar-refractivity contribution in [2.75, 3.05) is 31.3 Å². The van der Waals surface area contributed by atoms with Gasteiger partial charge >= 0.3 is 0 Å². The molecule has 0 fully saturated rings. The summed E-state index contributed by atoms with van der Waals surface area (Å²) in [5, 5.41) is 14.6. The number of rotatable bonds is 10. The van der Waals surface area contributed by atoms with Crippen LogP contribution in [0.25, 0.3) is 11.2 Å². The minimum Gasteiger partial charge on any atom is -0.492 e. The van der Waals surface area contributed by atoms with Crippen LogP contribution in [0.5, 0.6) is 5.75 Å². The van der Waals surface area contributed by atoms with Crippen molar-refractivity contribution in [1.29, 1.82) is 0 Å². The topological polar surface area (TPSA) is 87.8 Å². The fourth-order valence-corrected chi connectivity index (χ4v) is 3.93. The zero-order valence-electron chi connectivity index (χ0n) is 16.2. The number of benzene rings is 1. The number of fused-ring (bicyclic) bond motifs is 1. The van der Waals surface area contributed by atoms with Gasteiger partial charge in [0.2, 0.25) is 11.6 Å². The molecule has 1 aromatic carbocycles. The Morgan fingerprint density at radius 1 is 1.24 bits per heavy atom. The van der Waals surface area contributed by atoms with E-state index in [1.54, 1.807) is 18.0 Å². The second-order valence-electron chi connectivity index (χ2n) is 5.84. The van der Waals surface area contributed by atoms with Gasteiger partial charge in [-0.3, -0.25) is 0 Å². The minimum atomic E-state index is 0. The highest BCUT2D eigenvalue weighted by molar-refractivity contribution is 9.10. The van der Waals surface area contributed by atoms with E-state index in [-0.39, 0.29) is 24.8 Å². The number of ether oxygens (including phenoxy) is 1. The molecule has 0 aliphatic carbocycles. The van der Waals surface area contributed by atoms with Crippen molar-refractivity contribution in [1.82, 2.24) is 25.5 Å². The lowest BCUT2D eigenvalue weighted by Crippen LogP contribution is -2.18. The molecular formula is C18H25BrCl2N6OS. The van der Waals surface area contributed by atoms with Gasteiger partial charge < -0.3 is 20.4 Å². The van der Waals surface area contributed by atoms with Gasteiger partial charge in [0.15, 0.2) is 0 Å². The monoisotopic (exact) mass is 522 g/mol. The normalized spacial score (nSPS) is 10.3.